The van der Waals surface area contributed by atoms with Crippen LogP contribution in [-0.2, 0) is 4.57 Å². The highest BCUT2D eigenvalue weighted by Crippen LogP contribution is 2.42. The molecule has 0 amide bonds. The van der Waals surface area contributed by atoms with E-state index < -0.39 is 24.6 Å². The molecule has 3 aromatic rings. The number of benzene rings is 3. The summed E-state index contributed by atoms with van der Waals surface area (Å²) in [5.74, 6) is -1.34. The van der Waals surface area contributed by atoms with Gasteiger partial charge in [-0.25, -0.2) is 13.2 Å². The summed E-state index contributed by atoms with van der Waals surface area (Å²) in [4.78, 5) is 0. The van der Waals surface area contributed by atoms with E-state index in [4.69, 9.17) is 0 Å². The van der Waals surface area contributed by atoms with Gasteiger partial charge < -0.3 is 4.57 Å². The third-order valence-electron chi connectivity index (χ3n) is 3.57. The maximum atomic E-state index is 13.8. The number of halogens is 3. The predicted molar refractivity (Wildman–Crippen MR) is 85.7 cm³/mol. The van der Waals surface area contributed by atoms with Gasteiger partial charge in [0.1, 0.15) is 17.5 Å². The van der Waals surface area contributed by atoms with Gasteiger partial charge in [-0.05, 0) is 72.8 Å². The summed E-state index contributed by atoms with van der Waals surface area (Å²) in [6.45, 7) is 0. The highest BCUT2D eigenvalue weighted by molar-refractivity contribution is 7.85. The average Bonchev–Trinajstić information content (AvgIpc) is 2.56. The van der Waals surface area contributed by atoms with Gasteiger partial charge in [0.25, 0.3) is 0 Å². The van der Waals surface area contributed by atoms with Crippen molar-refractivity contribution < 1.29 is 17.7 Å². The largest absolute Gasteiger partial charge is 0.309 e. The van der Waals surface area contributed by atoms with Crippen LogP contribution in [0.4, 0.5) is 13.2 Å². The lowest BCUT2D eigenvalue weighted by Crippen LogP contribution is -2.25. The van der Waals surface area contributed by atoms with E-state index >= 15 is 0 Å². The van der Waals surface area contributed by atoms with Crippen LogP contribution >= 0.6 is 7.14 Å². The van der Waals surface area contributed by atoms with Gasteiger partial charge in [-0.2, -0.15) is 0 Å². The molecule has 1 nitrogen and oxygen atoms in total. The molecule has 0 fully saturated rings. The fraction of sp³-hybridized carbons (Fsp3) is 0. The fourth-order valence-corrected chi connectivity index (χ4v) is 5.00. The first-order chi connectivity index (χ1) is 11.0. The van der Waals surface area contributed by atoms with Crippen LogP contribution in [0.15, 0.2) is 72.8 Å². The molecule has 0 aliphatic heterocycles. The van der Waals surface area contributed by atoms with E-state index in [9.17, 15) is 17.7 Å². The monoisotopic (exact) mass is 332 g/mol. The second kappa shape index (κ2) is 6.05. The topological polar surface area (TPSA) is 17.1 Å². The third kappa shape index (κ3) is 2.95. The Labute approximate surface area is 131 Å². The molecule has 0 N–H and O–H groups in total. The zero-order chi connectivity index (χ0) is 16.4. The van der Waals surface area contributed by atoms with Gasteiger partial charge >= 0.3 is 0 Å². The van der Waals surface area contributed by atoms with Crippen LogP contribution in [0.1, 0.15) is 0 Å². The molecule has 0 saturated carbocycles. The SMILES string of the molecule is O=P(c1ccc(F)cc1)(c1ccc(F)cc1)c1ccc(F)cc1. The Morgan fingerprint density at radius 3 is 0.913 bits per heavy atom. The molecule has 0 bridgehead atoms. The molecule has 0 unspecified atom stereocenters. The van der Waals surface area contributed by atoms with Gasteiger partial charge in [0.15, 0.2) is 7.14 Å². The molecule has 0 aliphatic rings. The molecule has 0 heterocycles. The molecular weight excluding hydrogens is 320 g/mol. The van der Waals surface area contributed by atoms with Gasteiger partial charge in [0.05, 0.1) is 0 Å². The maximum absolute atomic E-state index is 13.8. The molecule has 0 atom stereocenters. The Hall–Kier alpha value is -2.32. The summed E-state index contributed by atoms with van der Waals surface area (Å²) in [6.07, 6.45) is 0. The van der Waals surface area contributed by atoms with Crippen molar-refractivity contribution in [2.45, 2.75) is 0 Å². The Morgan fingerprint density at radius 2 is 0.696 bits per heavy atom. The molecule has 0 aromatic heterocycles. The first kappa shape index (κ1) is 15.6. The van der Waals surface area contributed by atoms with Crippen LogP contribution in [0.2, 0.25) is 0 Å². The fourth-order valence-electron chi connectivity index (χ4n) is 2.40. The Morgan fingerprint density at radius 1 is 0.478 bits per heavy atom. The highest BCUT2D eigenvalue weighted by Gasteiger charge is 2.29. The van der Waals surface area contributed by atoms with Crippen molar-refractivity contribution in [1.82, 2.24) is 0 Å². The van der Waals surface area contributed by atoms with Crippen molar-refractivity contribution in [3.05, 3.63) is 90.2 Å². The average molecular weight is 332 g/mol. The summed E-state index contributed by atoms with van der Waals surface area (Å²) in [6, 6.07) is 15.9. The molecule has 116 valence electrons. The van der Waals surface area contributed by atoms with Crippen molar-refractivity contribution in [2.24, 2.45) is 0 Å². The lowest BCUT2D eigenvalue weighted by molar-refractivity contribution is 0.592. The van der Waals surface area contributed by atoms with Crippen LogP contribution < -0.4 is 15.9 Å². The second-order valence-corrected chi connectivity index (χ2v) is 7.81. The normalized spacial score (nSPS) is 11.4. The summed E-state index contributed by atoms with van der Waals surface area (Å²) in [7, 11) is -3.34. The van der Waals surface area contributed by atoms with Crippen molar-refractivity contribution in [3.8, 4) is 0 Å². The van der Waals surface area contributed by atoms with E-state index in [1.54, 1.807) is 0 Å². The summed E-state index contributed by atoms with van der Waals surface area (Å²) in [5.41, 5.74) is 0. The minimum Gasteiger partial charge on any atom is -0.309 e. The van der Waals surface area contributed by atoms with E-state index in [-0.39, 0.29) is 0 Å². The van der Waals surface area contributed by atoms with E-state index in [1.165, 1.54) is 72.8 Å². The minimum absolute atomic E-state index is 0.400. The predicted octanol–water partition coefficient (Wildman–Crippen LogP) is 3.74. The van der Waals surface area contributed by atoms with Gasteiger partial charge in [-0.1, -0.05) is 0 Å². The van der Waals surface area contributed by atoms with Crippen LogP contribution in [0, 0.1) is 17.5 Å². The molecule has 0 radical (unpaired) electrons. The second-order valence-electron chi connectivity index (χ2n) is 5.04. The lowest BCUT2D eigenvalue weighted by atomic mass is 10.3. The summed E-state index contributed by atoms with van der Waals surface area (Å²) < 4.78 is 53.4. The standard InChI is InChI=1S/C18H12F3OP/c19-13-1-7-16(8-2-13)23(22,17-9-3-14(20)4-10-17)18-11-5-15(21)6-12-18/h1-12H. The molecule has 3 rings (SSSR count). The third-order valence-corrected chi connectivity index (χ3v) is 6.65. The van der Waals surface area contributed by atoms with Crippen LogP contribution in [0.25, 0.3) is 0 Å². The molecular formula is C18H12F3OP. The van der Waals surface area contributed by atoms with Crippen LogP contribution in [0.3, 0.4) is 0 Å². The van der Waals surface area contributed by atoms with E-state index in [2.05, 4.69) is 0 Å². The Kier molecular flexibility index (Phi) is 4.10. The number of hydrogen-bond donors (Lipinski definition) is 0. The van der Waals surface area contributed by atoms with Gasteiger partial charge in [0, 0.05) is 15.9 Å². The quantitative estimate of drug-likeness (QED) is 0.668. The van der Waals surface area contributed by atoms with Crippen LogP contribution in [-0.4, -0.2) is 0 Å². The molecule has 3 aromatic carbocycles. The maximum Gasteiger partial charge on any atom is 0.171 e. The zero-order valence-corrected chi connectivity index (χ0v) is 12.8. The lowest BCUT2D eigenvalue weighted by Gasteiger charge is -2.20. The summed E-state index contributed by atoms with van der Waals surface area (Å²) >= 11 is 0. The smallest absolute Gasteiger partial charge is 0.171 e. The number of rotatable bonds is 3. The first-order valence-electron chi connectivity index (χ1n) is 6.88. The molecule has 5 heteroatoms. The molecule has 0 saturated heterocycles. The van der Waals surface area contributed by atoms with E-state index in [0.717, 1.165) is 0 Å². The first-order valence-corrected chi connectivity index (χ1v) is 8.59. The van der Waals surface area contributed by atoms with Crippen molar-refractivity contribution >= 4 is 23.1 Å². The molecule has 23 heavy (non-hydrogen) atoms. The Balaban J connectivity index is 2.24. The molecule has 0 spiro atoms. The van der Waals surface area contributed by atoms with E-state index in [0.29, 0.717) is 15.9 Å². The van der Waals surface area contributed by atoms with Crippen molar-refractivity contribution in [1.29, 1.82) is 0 Å². The zero-order valence-electron chi connectivity index (χ0n) is 11.9. The number of hydrogen-bond acceptors (Lipinski definition) is 1. The molecule has 0 aliphatic carbocycles. The highest BCUT2D eigenvalue weighted by atomic mass is 31.2. The Bertz CT molecular complexity index is 739. The van der Waals surface area contributed by atoms with E-state index in [1.807, 2.05) is 0 Å². The summed E-state index contributed by atoms with van der Waals surface area (Å²) in [5, 5.41) is 1.20. The van der Waals surface area contributed by atoms with Gasteiger partial charge in [-0.3, -0.25) is 0 Å². The van der Waals surface area contributed by atoms with Gasteiger partial charge in [-0.15, -0.1) is 0 Å². The van der Waals surface area contributed by atoms with Crippen molar-refractivity contribution in [3.63, 3.8) is 0 Å². The minimum atomic E-state index is -3.34. The van der Waals surface area contributed by atoms with Crippen molar-refractivity contribution in [2.75, 3.05) is 0 Å². The van der Waals surface area contributed by atoms with Gasteiger partial charge in [0.2, 0.25) is 0 Å². The van der Waals surface area contributed by atoms with Crippen LogP contribution in [0.5, 0.6) is 0 Å².